The topological polar surface area (TPSA) is 75.6 Å². The van der Waals surface area contributed by atoms with Crippen molar-refractivity contribution in [3.63, 3.8) is 0 Å². The van der Waals surface area contributed by atoms with Crippen LogP contribution in [0.4, 0.5) is 0 Å². The van der Waals surface area contributed by atoms with Crippen LogP contribution in [0.2, 0.25) is 0 Å². The van der Waals surface area contributed by atoms with Gasteiger partial charge in [-0.25, -0.2) is 13.1 Å². The van der Waals surface area contributed by atoms with Gasteiger partial charge in [0.1, 0.15) is 11.4 Å². The number of hydrogen-bond donors (Lipinski definition) is 2. The van der Waals surface area contributed by atoms with Gasteiger partial charge in [-0.3, -0.25) is 0 Å². The van der Waals surface area contributed by atoms with Gasteiger partial charge in [-0.2, -0.15) is 0 Å². The molecule has 2 N–H and O–H groups in total. The number of hydrogen-bond acceptors (Lipinski definition) is 4. The Labute approximate surface area is 155 Å². The number of sulfonamides is 1. The van der Waals surface area contributed by atoms with E-state index in [-0.39, 0.29) is 11.4 Å². The van der Waals surface area contributed by atoms with Crippen molar-refractivity contribution >= 4 is 10.0 Å². The van der Waals surface area contributed by atoms with Crippen molar-refractivity contribution in [2.24, 2.45) is 0 Å². The highest BCUT2D eigenvalue weighted by atomic mass is 32.2. The van der Waals surface area contributed by atoms with Gasteiger partial charge in [0.2, 0.25) is 10.0 Å². The fourth-order valence-corrected chi connectivity index (χ4v) is 4.54. The van der Waals surface area contributed by atoms with Gasteiger partial charge in [0.05, 0.1) is 12.0 Å². The molecule has 2 aromatic carbocycles. The summed E-state index contributed by atoms with van der Waals surface area (Å²) in [4.78, 5) is 0.212. The lowest BCUT2D eigenvalue weighted by atomic mass is 9.79. The number of fused-ring (bicyclic) bond motifs is 1. The first-order valence-corrected chi connectivity index (χ1v) is 10.3. The Morgan fingerprint density at radius 3 is 2.58 bits per heavy atom. The number of methoxy groups -OCH3 is 1. The largest absolute Gasteiger partial charge is 0.497 e. The van der Waals surface area contributed by atoms with Gasteiger partial charge >= 0.3 is 0 Å². The van der Waals surface area contributed by atoms with Crippen molar-refractivity contribution in [1.82, 2.24) is 4.72 Å². The fourth-order valence-electron chi connectivity index (χ4n) is 3.45. The standard InChI is InChI=1S/C20H25NO4S/c1-3-15-6-9-18(10-7-15)26(23,24)21-14-20(22)12-4-5-16-13-17(25-2)8-11-19(16)20/h6-11,13,21-22H,3-5,12,14H2,1-2H3. The summed E-state index contributed by atoms with van der Waals surface area (Å²) >= 11 is 0. The zero-order valence-electron chi connectivity index (χ0n) is 15.2. The molecule has 1 aliphatic rings. The van der Waals surface area contributed by atoms with Crippen LogP contribution in [0.1, 0.15) is 36.5 Å². The number of aryl methyl sites for hydroxylation is 2. The van der Waals surface area contributed by atoms with Crippen molar-refractivity contribution in [2.75, 3.05) is 13.7 Å². The lowest BCUT2D eigenvalue weighted by molar-refractivity contribution is 0.0242. The van der Waals surface area contributed by atoms with Crippen molar-refractivity contribution < 1.29 is 18.3 Å². The second-order valence-electron chi connectivity index (χ2n) is 6.73. The average Bonchev–Trinajstić information content (AvgIpc) is 2.66. The molecular formula is C20H25NO4S. The molecule has 0 saturated heterocycles. The summed E-state index contributed by atoms with van der Waals surface area (Å²) in [5.41, 5.74) is 1.65. The van der Waals surface area contributed by atoms with Crippen molar-refractivity contribution in [2.45, 2.75) is 43.1 Å². The molecule has 1 aliphatic carbocycles. The van der Waals surface area contributed by atoms with Crippen LogP contribution in [0, 0.1) is 0 Å². The normalized spacial score (nSPS) is 19.8. The Morgan fingerprint density at radius 2 is 1.92 bits per heavy atom. The van der Waals surface area contributed by atoms with Gasteiger partial charge in [0, 0.05) is 6.54 Å². The van der Waals surface area contributed by atoms with Crippen LogP contribution < -0.4 is 9.46 Å². The predicted octanol–water partition coefficient (Wildman–Crippen LogP) is 2.76. The summed E-state index contributed by atoms with van der Waals surface area (Å²) in [7, 11) is -2.07. The first-order valence-electron chi connectivity index (χ1n) is 8.86. The maximum absolute atomic E-state index is 12.6. The molecule has 1 unspecified atom stereocenters. The zero-order chi connectivity index (χ0) is 18.8. The molecule has 1 atom stereocenters. The van der Waals surface area contributed by atoms with Gasteiger partial charge < -0.3 is 9.84 Å². The van der Waals surface area contributed by atoms with Crippen LogP contribution in [0.15, 0.2) is 47.4 Å². The molecular weight excluding hydrogens is 350 g/mol. The zero-order valence-corrected chi connectivity index (χ0v) is 16.0. The molecule has 0 saturated carbocycles. The van der Waals surface area contributed by atoms with E-state index in [1.165, 1.54) is 0 Å². The smallest absolute Gasteiger partial charge is 0.240 e. The molecule has 2 aromatic rings. The first kappa shape index (κ1) is 18.9. The maximum atomic E-state index is 12.6. The van der Waals surface area contributed by atoms with E-state index in [4.69, 9.17) is 4.74 Å². The highest BCUT2D eigenvalue weighted by Gasteiger charge is 2.35. The number of benzene rings is 2. The van der Waals surface area contributed by atoms with E-state index < -0.39 is 15.6 Å². The van der Waals surface area contributed by atoms with E-state index in [2.05, 4.69) is 4.72 Å². The molecule has 0 radical (unpaired) electrons. The molecule has 26 heavy (non-hydrogen) atoms. The lowest BCUT2D eigenvalue weighted by Crippen LogP contribution is -2.42. The third kappa shape index (κ3) is 3.77. The van der Waals surface area contributed by atoms with Gasteiger partial charge in [-0.1, -0.05) is 25.1 Å². The Balaban J connectivity index is 1.80. The summed E-state index contributed by atoms with van der Waals surface area (Å²) in [6.45, 7) is 1.97. The Bertz CT molecular complexity index is 877. The molecule has 0 fully saturated rings. The monoisotopic (exact) mass is 375 g/mol. The summed E-state index contributed by atoms with van der Waals surface area (Å²) < 4.78 is 33.0. The van der Waals surface area contributed by atoms with E-state index in [0.717, 1.165) is 41.7 Å². The molecule has 6 heteroatoms. The van der Waals surface area contributed by atoms with Crippen molar-refractivity contribution in [3.05, 3.63) is 59.2 Å². The SMILES string of the molecule is CCc1ccc(S(=O)(=O)NCC2(O)CCCc3cc(OC)ccc32)cc1. The van der Waals surface area contributed by atoms with Gasteiger partial charge in [-0.05, 0) is 66.6 Å². The Morgan fingerprint density at radius 1 is 1.19 bits per heavy atom. The quantitative estimate of drug-likeness (QED) is 0.814. The number of rotatable bonds is 6. The van der Waals surface area contributed by atoms with Crippen LogP contribution in [-0.4, -0.2) is 27.2 Å². The number of ether oxygens (including phenoxy) is 1. The molecule has 0 aliphatic heterocycles. The lowest BCUT2D eigenvalue weighted by Gasteiger charge is -2.34. The summed E-state index contributed by atoms with van der Waals surface area (Å²) in [6, 6.07) is 12.4. The van der Waals surface area contributed by atoms with Gasteiger partial charge in [0.15, 0.2) is 0 Å². The molecule has 0 heterocycles. The van der Waals surface area contributed by atoms with E-state index in [9.17, 15) is 13.5 Å². The van der Waals surface area contributed by atoms with Gasteiger partial charge in [-0.15, -0.1) is 0 Å². The number of aliphatic hydroxyl groups is 1. The van der Waals surface area contributed by atoms with E-state index in [1.807, 2.05) is 31.2 Å². The molecule has 0 amide bonds. The molecule has 0 spiro atoms. The summed E-state index contributed by atoms with van der Waals surface area (Å²) in [5.74, 6) is 0.740. The van der Waals surface area contributed by atoms with Crippen LogP contribution >= 0.6 is 0 Å². The van der Waals surface area contributed by atoms with Crippen molar-refractivity contribution in [1.29, 1.82) is 0 Å². The number of nitrogens with one attached hydrogen (secondary N) is 1. The minimum absolute atomic E-state index is 0.0514. The predicted molar refractivity (Wildman–Crippen MR) is 101 cm³/mol. The molecule has 140 valence electrons. The third-order valence-electron chi connectivity index (χ3n) is 5.05. The molecule has 0 aromatic heterocycles. The minimum Gasteiger partial charge on any atom is -0.497 e. The summed E-state index contributed by atoms with van der Waals surface area (Å²) in [6.07, 6.45) is 3.01. The van der Waals surface area contributed by atoms with E-state index in [1.54, 1.807) is 25.3 Å². The molecule has 5 nitrogen and oxygen atoms in total. The second kappa shape index (κ2) is 7.39. The van der Waals surface area contributed by atoms with Crippen molar-refractivity contribution in [3.8, 4) is 5.75 Å². The van der Waals surface area contributed by atoms with Crippen LogP contribution in [-0.2, 0) is 28.5 Å². The molecule has 3 rings (SSSR count). The molecule has 0 bridgehead atoms. The Hall–Kier alpha value is -1.89. The van der Waals surface area contributed by atoms with Crippen LogP contribution in [0.25, 0.3) is 0 Å². The Kier molecular flexibility index (Phi) is 5.37. The van der Waals surface area contributed by atoms with E-state index in [0.29, 0.717) is 6.42 Å². The highest BCUT2D eigenvalue weighted by Crippen LogP contribution is 2.36. The average molecular weight is 375 g/mol. The third-order valence-corrected chi connectivity index (χ3v) is 6.46. The summed E-state index contributed by atoms with van der Waals surface area (Å²) in [5, 5.41) is 11.1. The van der Waals surface area contributed by atoms with E-state index >= 15 is 0 Å². The van der Waals surface area contributed by atoms with Crippen LogP contribution in [0.3, 0.4) is 0 Å². The van der Waals surface area contributed by atoms with Crippen LogP contribution in [0.5, 0.6) is 5.75 Å². The second-order valence-corrected chi connectivity index (χ2v) is 8.50. The highest BCUT2D eigenvalue weighted by molar-refractivity contribution is 7.89. The fraction of sp³-hybridized carbons (Fsp3) is 0.400. The minimum atomic E-state index is -3.67. The first-order chi connectivity index (χ1) is 12.4. The maximum Gasteiger partial charge on any atom is 0.240 e. The van der Waals surface area contributed by atoms with Gasteiger partial charge in [0.25, 0.3) is 0 Å².